The van der Waals surface area contributed by atoms with E-state index >= 15 is 0 Å². The zero-order valence-electron chi connectivity index (χ0n) is 17.5. The van der Waals surface area contributed by atoms with Crippen LogP contribution in [0.2, 0.25) is 0 Å². The van der Waals surface area contributed by atoms with Gasteiger partial charge in [0.2, 0.25) is 15.9 Å². The van der Waals surface area contributed by atoms with Crippen molar-refractivity contribution in [1.82, 2.24) is 14.2 Å². The zero-order chi connectivity index (χ0) is 22.3. The van der Waals surface area contributed by atoms with E-state index in [4.69, 9.17) is 4.42 Å². The summed E-state index contributed by atoms with van der Waals surface area (Å²) in [5.41, 5.74) is 3.22. The van der Waals surface area contributed by atoms with E-state index in [1.807, 2.05) is 12.1 Å². The summed E-state index contributed by atoms with van der Waals surface area (Å²) in [6.45, 7) is 1.26. The lowest BCUT2D eigenvalue weighted by molar-refractivity contribution is -0.133. The maximum Gasteiger partial charge on any atom is 0.227 e. The van der Waals surface area contributed by atoms with Crippen LogP contribution in [0.15, 0.2) is 53.3 Å². The van der Waals surface area contributed by atoms with Crippen molar-refractivity contribution in [3.8, 4) is 0 Å². The molecule has 2 aliphatic rings. The minimum Gasteiger partial charge on any atom is -0.462 e. The van der Waals surface area contributed by atoms with Gasteiger partial charge in [0.05, 0.1) is 12.7 Å². The van der Waals surface area contributed by atoms with E-state index in [0.717, 1.165) is 16.7 Å². The molecule has 0 radical (unpaired) electrons. The maximum atomic E-state index is 13.3. The Kier molecular flexibility index (Phi) is 5.46. The number of sulfonamides is 1. The number of benzene rings is 1. The number of likely N-dealkylation sites (tertiary alicyclic amines) is 1. The van der Waals surface area contributed by atoms with Crippen LogP contribution in [0.5, 0.6) is 0 Å². The first kappa shape index (κ1) is 21.1. The molecule has 0 atom stereocenters. The number of fused-ring (bicyclic) bond motifs is 1. The minimum atomic E-state index is -3.47. The predicted octanol–water partition coefficient (Wildman–Crippen LogP) is 2.93. The van der Waals surface area contributed by atoms with Gasteiger partial charge in [0.15, 0.2) is 5.58 Å². The number of hydrogen-bond donors (Lipinski definition) is 0. The molecule has 2 saturated heterocycles. The molecule has 0 aliphatic carbocycles. The Balaban J connectivity index is 1.16. The molecule has 5 rings (SSSR count). The lowest BCUT2D eigenvalue weighted by atomic mass is 9.91. The summed E-state index contributed by atoms with van der Waals surface area (Å²) in [6, 6.07) is 9.62. The highest BCUT2D eigenvalue weighted by Crippen LogP contribution is 2.35. The molecule has 2 aliphatic heterocycles. The number of aromatic nitrogens is 1. The molecule has 2 aromatic heterocycles. The van der Waals surface area contributed by atoms with Gasteiger partial charge in [0.25, 0.3) is 0 Å². The number of halogens is 1. The second-order valence-corrected chi connectivity index (χ2v) is 10.7. The van der Waals surface area contributed by atoms with E-state index in [2.05, 4.69) is 4.98 Å². The third-order valence-corrected chi connectivity index (χ3v) is 8.70. The number of piperidine rings is 1. The van der Waals surface area contributed by atoms with Gasteiger partial charge in [-0.1, -0.05) is 12.1 Å². The largest absolute Gasteiger partial charge is 0.462 e. The van der Waals surface area contributed by atoms with E-state index < -0.39 is 15.3 Å². The summed E-state index contributed by atoms with van der Waals surface area (Å²) >= 11 is 0. The fourth-order valence-electron chi connectivity index (χ4n) is 4.57. The smallest absolute Gasteiger partial charge is 0.227 e. The van der Waals surface area contributed by atoms with Crippen molar-refractivity contribution in [3.63, 3.8) is 0 Å². The maximum absolute atomic E-state index is 13.3. The molecule has 0 bridgehead atoms. The van der Waals surface area contributed by atoms with Crippen LogP contribution in [-0.2, 0) is 21.2 Å². The van der Waals surface area contributed by atoms with Gasteiger partial charge in [0, 0.05) is 37.9 Å². The van der Waals surface area contributed by atoms with Crippen LogP contribution < -0.4 is 0 Å². The highest BCUT2D eigenvalue weighted by molar-refractivity contribution is 7.89. The molecule has 7 nitrogen and oxygen atoms in total. The van der Waals surface area contributed by atoms with Crippen molar-refractivity contribution in [2.24, 2.45) is 0 Å². The molecule has 0 saturated carbocycles. The van der Waals surface area contributed by atoms with Gasteiger partial charge in [-0.2, -0.15) is 0 Å². The SMILES string of the molecule is O=C(Cc1cccc(F)c1)N1CC(S(=O)(=O)N2CCC(c3coc4cccnc34)CC2)C1. The van der Waals surface area contributed by atoms with Crippen LogP contribution >= 0.6 is 0 Å². The van der Waals surface area contributed by atoms with Crippen LogP contribution in [-0.4, -0.2) is 59.9 Å². The van der Waals surface area contributed by atoms with Crippen molar-refractivity contribution < 1.29 is 22.0 Å². The molecule has 0 unspecified atom stereocenters. The molecule has 0 spiro atoms. The first-order valence-corrected chi connectivity index (χ1v) is 12.3. The quantitative estimate of drug-likeness (QED) is 0.588. The molecule has 0 N–H and O–H groups in total. The van der Waals surface area contributed by atoms with Gasteiger partial charge in [-0.3, -0.25) is 9.78 Å². The van der Waals surface area contributed by atoms with Gasteiger partial charge >= 0.3 is 0 Å². The average Bonchev–Trinajstić information content (AvgIpc) is 3.17. The fourth-order valence-corrected chi connectivity index (χ4v) is 6.45. The lowest BCUT2D eigenvalue weighted by Crippen LogP contribution is -2.60. The summed E-state index contributed by atoms with van der Waals surface area (Å²) in [5.74, 6) is -0.356. The van der Waals surface area contributed by atoms with Crippen LogP contribution in [0.4, 0.5) is 4.39 Å². The number of carbonyl (C=O) groups is 1. The molecule has 9 heteroatoms. The summed E-state index contributed by atoms with van der Waals surface area (Å²) in [5, 5.41) is -0.577. The van der Waals surface area contributed by atoms with Gasteiger partial charge in [-0.25, -0.2) is 17.1 Å². The molecule has 3 aromatic rings. The van der Waals surface area contributed by atoms with E-state index in [-0.39, 0.29) is 37.2 Å². The molecule has 4 heterocycles. The highest BCUT2D eigenvalue weighted by Gasteiger charge is 2.43. The number of furan rings is 1. The summed E-state index contributed by atoms with van der Waals surface area (Å²) in [6.07, 6.45) is 4.96. The first-order valence-electron chi connectivity index (χ1n) is 10.7. The molecule has 1 aromatic carbocycles. The van der Waals surface area contributed by atoms with Gasteiger partial charge in [0.1, 0.15) is 16.6 Å². The molecule has 32 heavy (non-hydrogen) atoms. The van der Waals surface area contributed by atoms with Crippen LogP contribution in [0.1, 0.15) is 29.9 Å². The van der Waals surface area contributed by atoms with Gasteiger partial charge in [-0.05, 0) is 48.6 Å². The number of amides is 1. The Labute approximate surface area is 185 Å². The second-order valence-electron chi connectivity index (χ2n) is 8.49. The minimum absolute atomic E-state index is 0.0720. The third-order valence-electron chi connectivity index (χ3n) is 6.48. The second kappa shape index (κ2) is 8.29. The number of pyridine rings is 1. The third kappa shape index (κ3) is 3.91. The summed E-state index contributed by atoms with van der Waals surface area (Å²) in [7, 11) is -3.47. The molecular weight excluding hydrogens is 433 g/mol. The van der Waals surface area contributed by atoms with Crippen molar-refractivity contribution in [1.29, 1.82) is 0 Å². The van der Waals surface area contributed by atoms with Crippen molar-refractivity contribution >= 4 is 27.0 Å². The Morgan fingerprint density at radius 1 is 1.16 bits per heavy atom. The Hall–Kier alpha value is -2.78. The number of carbonyl (C=O) groups excluding carboxylic acids is 1. The number of nitrogens with zero attached hydrogens (tertiary/aromatic N) is 3. The summed E-state index contributed by atoms with van der Waals surface area (Å²) in [4.78, 5) is 18.4. The molecular formula is C23H24FN3O4S. The fraction of sp³-hybridized carbons (Fsp3) is 0.391. The monoisotopic (exact) mass is 457 g/mol. The van der Waals surface area contributed by atoms with E-state index in [1.165, 1.54) is 17.0 Å². The lowest BCUT2D eigenvalue weighted by Gasteiger charge is -2.42. The number of rotatable bonds is 5. The van der Waals surface area contributed by atoms with E-state index in [0.29, 0.717) is 31.5 Å². The van der Waals surface area contributed by atoms with E-state index in [9.17, 15) is 17.6 Å². The predicted molar refractivity (Wildman–Crippen MR) is 117 cm³/mol. The Morgan fingerprint density at radius 2 is 1.94 bits per heavy atom. The Bertz CT molecular complexity index is 1240. The number of hydrogen-bond acceptors (Lipinski definition) is 5. The molecule has 2 fully saturated rings. The normalized spacial score (nSPS) is 18.7. The van der Waals surface area contributed by atoms with Gasteiger partial charge in [-0.15, -0.1) is 0 Å². The van der Waals surface area contributed by atoms with Gasteiger partial charge < -0.3 is 9.32 Å². The molecule has 168 valence electrons. The topological polar surface area (TPSA) is 83.7 Å². The first-order chi connectivity index (χ1) is 15.4. The van der Waals surface area contributed by atoms with Crippen molar-refractivity contribution in [2.45, 2.75) is 30.4 Å². The zero-order valence-corrected chi connectivity index (χ0v) is 18.3. The molecule has 1 amide bonds. The van der Waals surface area contributed by atoms with Crippen LogP contribution in [0, 0.1) is 5.82 Å². The van der Waals surface area contributed by atoms with Crippen LogP contribution in [0.25, 0.3) is 11.1 Å². The Morgan fingerprint density at radius 3 is 2.69 bits per heavy atom. The van der Waals surface area contributed by atoms with Crippen LogP contribution in [0.3, 0.4) is 0 Å². The summed E-state index contributed by atoms with van der Waals surface area (Å²) < 4.78 is 46.6. The average molecular weight is 458 g/mol. The van der Waals surface area contributed by atoms with Crippen molar-refractivity contribution in [2.75, 3.05) is 26.2 Å². The van der Waals surface area contributed by atoms with Crippen molar-refractivity contribution in [3.05, 3.63) is 65.8 Å². The van der Waals surface area contributed by atoms with E-state index in [1.54, 1.807) is 28.9 Å². The highest BCUT2D eigenvalue weighted by atomic mass is 32.2. The standard InChI is InChI=1S/C23H24FN3O4S/c24-18-4-1-3-16(11-18)12-22(28)26-13-19(14-26)32(29,30)27-9-6-17(7-10-27)20-15-31-21-5-2-8-25-23(20)21/h1-5,8,11,15,17,19H,6-7,9-10,12-14H2.